The van der Waals surface area contributed by atoms with E-state index in [1.165, 1.54) is 5.69 Å². The zero-order valence-corrected chi connectivity index (χ0v) is 12.4. The monoisotopic (exact) mass is 285 g/mol. The maximum atomic E-state index is 12.4. The topological polar surface area (TPSA) is 35.6 Å². The number of nitrogens with zero attached hydrogens (tertiary/aromatic N) is 2. The molecule has 1 N–H and O–H groups in total. The van der Waals surface area contributed by atoms with Crippen LogP contribution in [0.5, 0.6) is 0 Å². The predicted octanol–water partition coefficient (Wildman–Crippen LogP) is 1.58. The lowest BCUT2D eigenvalue weighted by molar-refractivity contribution is 0.0793. The number of nitrogens with one attached hydrogen (secondary N) is 1. The first-order valence-corrected chi connectivity index (χ1v) is 7.53. The van der Waals surface area contributed by atoms with Crippen molar-refractivity contribution in [3.05, 3.63) is 29.8 Å². The minimum Gasteiger partial charge on any atom is -0.369 e. The van der Waals surface area contributed by atoms with Gasteiger partial charge in [0.25, 0.3) is 5.91 Å². The van der Waals surface area contributed by atoms with Crippen LogP contribution in [0, 0.1) is 12.8 Å². The van der Waals surface area contributed by atoms with E-state index >= 15 is 0 Å². The van der Waals surface area contributed by atoms with Gasteiger partial charge in [0, 0.05) is 50.5 Å². The van der Waals surface area contributed by atoms with Crippen LogP contribution in [0.4, 0.5) is 5.69 Å². The zero-order chi connectivity index (χ0) is 15.1. The van der Waals surface area contributed by atoms with Crippen LogP contribution in [0.2, 0.25) is 0 Å². The molecule has 1 amide bonds. The summed E-state index contributed by atoms with van der Waals surface area (Å²) >= 11 is 0. The molecule has 0 bridgehead atoms. The molecule has 4 nitrogen and oxygen atoms in total. The van der Waals surface area contributed by atoms with Crippen LogP contribution in [-0.2, 0) is 0 Å². The number of carbonyl (C=O) groups is 1. The first kappa shape index (κ1) is 15.4. The Labute approximate surface area is 127 Å². The molecule has 112 valence electrons. The highest BCUT2D eigenvalue weighted by atomic mass is 16.2. The Morgan fingerprint density at radius 3 is 2.38 bits per heavy atom. The summed E-state index contributed by atoms with van der Waals surface area (Å²) in [4.78, 5) is 16.7. The lowest BCUT2D eigenvalue weighted by Gasteiger charge is -2.29. The van der Waals surface area contributed by atoms with Crippen LogP contribution in [0.15, 0.2) is 24.3 Å². The fourth-order valence-corrected chi connectivity index (χ4v) is 2.86. The third-order valence-corrected chi connectivity index (χ3v) is 3.97. The molecule has 0 spiro atoms. The van der Waals surface area contributed by atoms with E-state index in [0.717, 1.165) is 57.7 Å². The minimum absolute atomic E-state index is 0.189. The Bertz CT molecular complexity index is 486. The third-order valence-electron chi connectivity index (χ3n) is 3.97. The van der Waals surface area contributed by atoms with E-state index in [1.54, 1.807) is 0 Å². The van der Waals surface area contributed by atoms with Gasteiger partial charge in [-0.1, -0.05) is 6.07 Å². The Balaban J connectivity index is 0.000000774. The molecule has 2 aliphatic heterocycles. The molecule has 21 heavy (non-hydrogen) atoms. The normalized spacial score (nSPS) is 18.0. The van der Waals surface area contributed by atoms with E-state index in [2.05, 4.69) is 29.1 Å². The van der Waals surface area contributed by atoms with Crippen molar-refractivity contribution >= 4 is 11.6 Å². The molecule has 0 unspecified atom stereocenters. The first-order chi connectivity index (χ1) is 10.3. The summed E-state index contributed by atoms with van der Waals surface area (Å²) < 4.78 is 0. The molecule has 2 heterocycles. The second-order valence-electron chi connectivity index (χ2n) is 5.29. The smallest absolute Gasteiger partial charge is 0.253 e. The van der Waals surface area contributed by atoms with Crippen molar-refractivity contribution < 1.29 is 4.79 Å². The predicted molar refractivity (Wildman–Crippen MR) is 86.6 cm³/mol. The molecule has 2 saturated heterocycles. The highest BCUT2D eigenvalue weighted by Crippen LogP contribution is 2.19. The largest absolute Gasteiger partial charge is 0.369 e. The van der Waals surface area contributed by atoms with Crippen LogP contribution in [0.1, 0.15) is 23.2 Å². The molecule has 0 saturated carbocycles. The number of piperazine rings is 1. The fraction of sp³-hybridized carbons (Fsp3) is 0.471. The Morgan fingerprint density at radius 2 is 1.71 bits per heavy atom. The van der Waals surface area contributed by atoms with Crippen LogP contribution in [-0.4, -0.2) is 50.1 Å². The van der Waals surface area contributed by atoms with E-state index < -0.39 is 0 Å². The molecule has 3 rings (SSSR count). The highest BCUT2D eigenvalue weighted by Gasteiger charge is 2.20. The van der Waals surface area contributed by atoms with Crippen LogP contribution in [0.25, 0.3) is 0 Å². The van der Waals surface area contributed by atoms with Gasteiger partial charge in [-0.15, -0.1) is 12.8 Å². The van der Waals surface area contributed by atoms with E-state index in [9.17, 15) is 4.79 Å². The van der Waals surface area contributed by atoms with Gasteiger partial charge >= 0.3 is 0 Å². The summed E-state index contributed by atoms with van der Waals surface area (Å²) in [5, 5.41) is 3.35. The van der Waals surface area contributed by atoms with Gasteiger partial charge in [-0.2, -0.15) is 0 Å². The highest BCUT2D eigenvalue weighted by molar-refractivity contribution is 5.95. The van der Waals surface area contributed by atoms with Crippen molar-refractivity contribution in [2.45, 2.75) is 12.8 Å². The summed E-state index contributed by atoms with van der Waals surface area (Å²) in [5.74, 6) is 0.189. The number of amides is 1. The number of rotatable bonds is 2. The maximum Gasteiger partial charge on any atom is 0.253 e. The van der Waals surface area contributed by atoms with Gasteiger partial charge in [-0.3, -0.25) is 4.79 Å². The summed E-state index contributed by atoms with van der Waals surface area (Å²) in [6, 6.07) is 8.09. The lowest BCUT2D eigenvalue weighted by atomic mass is 10.1. The third kappa shape index (κ3) is 3.77. The maximum absolute atomic E-state index is 12.4. The molecule has 1 aromatic rings. The van der Waals surface area contributed by atoms with Gasteiger partial charge in [-0.05, 0) is 31.0 Å². The van der Waals surface area contributed by atoms with Gasteiger partial charge in [0.15, 0.2) is 0 Å². The molecule has 0 atom stereocenters. The molecular formula is C17H23N3O. The van der Waals surface area contributed by atoms with Crippen molar-refractivity contribution in [3.63, 3.8) is 0 Å². The quantitative estimate of drug-likeness (QED) is 0.838. The Morgan fingerprint density at radius 1 is 1.05 bits per heavy atom. The summed E-state index contributed by atoms with van der Waals surface area (Å²) in [6.07, 6.45) is 10.3. The number of carbonyl (C=O) groups excluding carboxylic acids is 1. The molecule has 4 heteroatoms. The molecule has 0 radical (unpaired) electrons. The molecule has 2 fully saturated rings. The summed E-state index contributed by atoms with van der Waals surface area (Å²) in [7, 11) is 0. The lowest BCUT2D eigenvalue weighted by Crippen LogP contribution is -2.43. The number of benzene rings is 1. The number of hydrogen-bond acceptors (Lipinski definition) is 3. The second-order valence-corrected chi connectivity index (χ2v) is 5.29. The number of terminal acetylenes is 1. The molecule has 0 aliphatic carbocycles. The number of likely N-dealkylation sites (tertiary alicyclic amines) is 1. The number of anilines is 1. The van der Waals surface area contributed by atoms with Gasteiger partial charge in [-0.25, -0.2) is 0 Å². The van der Waals surface area contributed by atoms with Crippen molar-refractivity contribution in [1.82, 2.24) is 10.2 Å². The first-order valence-electron chi connectivity index (χ1n) is 7.53. The van der Waals surface area contributed by atoms with E-state index in [0.29, 0.717) is 0 Å². The van der Waals surface area contributed by atoms with E-state index in [-0.39, 0.29) is 5.91 Å². The van der Waals surface area contributed by atoms with Gasteiger partial charge < -0.3 is 15.1 Å². The average Bonchev–Trinajstić information content (AvgIpc) is 3.11. The average molecular weight is 285 g/mol. The summed E-state index contributed by atoms with van der Waals surface area (Å²) in [6.45, 7) is 5.89. The van der Waals surface area contributed by atoms with Crippen LogP contribution < -0.4 is 10.2 Å². The van der Waals surface area contributed by atoms with Crippen molar-refractivity contribution in [2.75, 3.05) is 44.2 Å². The van der Waals surface area contributed by atoms with E-state index in [4.69, 9.17) is 0 Å². The molecule has 0 aromatic heterocycles. The summed E-state index contributed by atoms with van der Waals surface area (Å²) in [5.41, 5.74) is 2.00. The van der Waals surface area contributed by atoms with E-state index in [1.807, 2.05) is 23.1 Å². The van der Waals surface area contributed by atoms with Gasteiger partial charge in [0.2, 0.25) is 0 Å². The Kier molecular flexibility index (Phi) is 5.65. The van der Waals surface area contributed by atoms with Crippen LogP contribution in [0.3, 0.4) is 0 Å². The molecule has 1 aromatic carbocycles. The van der Waals surface area contributed by atoms with Crippen molar-refractivity contribution in [3.8, 4) is 12.8 Å². The molecule has 2 aliphatic rings. The van der Waals surface area contributed by atoms with Crippen molar-refractivity contribution in [2.24, 2.45) is 0 Å². The van der Waals surface area contributed by atoms with Crippen LogP contribution >= 0.6 is 0 Å². The SMILES string of the molecule is C#C.O=C(c1cccc(N2CCNCC2)c1)N1CCCC1. The standard InChI is InChI=1S/C15H21N3O.C2H2/c19-15(18-8-1-2-9-18)13-4-3-5-14(12-13)17-10-6-16-7-11-17;1-2/h3-5,12,16H,1-2,6-11H2;1-2H. The van der Waals surface area contributed by atoms with Crippen molar-refractivity contribution in [1.29, 1.82) is 0 Å². The number of hydrogen-bond donors (Lipinski definition) is 1. The minimum atomic E-state index is 0.189. The van der Waals surface area contributed by atoms with Gasteiger partial charge in [0.1, 0.15) is 0 Å². The fourth-order valence-electron chi connectivity index (χ4n) is 2.86. The second kappa shape index (κ2) is 7.70. The zero-order valence-electron chi connectivity index (χ0n) is 12.4. The van der Waals surface area contributed by atoms with Gasteiger partial charge in [0.05, 0.1) is 0 Å². The molecular weight excluding hydrogens is 262 g/mol. The Hall–Kier alpha value is -1.99.